The minimum Gasteiger partial charge on any atom is -0.481 e. The summed E-state index contributed by atoms with van der Waals surface area (Å²) in [5.41, 5.74) is 1.28. The zero-order valence-corrected chi connectivity index (χ0v) is 51.1. The molecule has 3 rings (SSSR count). The highest BCUT2D eigenvalue weighted by Gasteiger charge is 2.32. The fourth-order valence-electron chi connectivity index (χ4n) is 9.79. The number of carboxylic acids is 7. The topological polar surface area (TPSA) is 461 Å². The lowest BCUT2D eigenvalue weighted by molar-refractivity contribution is -0.143. The number of benzene rings is 2. The van der Waals surface area contributed by atoms with Crippen LogP contribution in [0.5, 0.6) is 0 Å². The molecule has 14 N–H and O–H groups in total. The second kappa shape index (κ2) is 43.0. The number of rotatable bonds is 42. The van der Waals surface area contributed by atoms with Crippen LogP contribution in [0.3, 0.4) is 0 Å². The Labute approximate surface area is 527 Å². The fourth-order valence-corrected chi connectivity index (χ4v) is 9.79. The van der Waals surface area contributed by atoms with Crippen LogP contribution < -0.4 is 37.2 Å². The summed E-state index contributed by atoms with van der Waals surface area (Å²) in [4.78, 5) is 168. The van der Waals surface area contributed by atoms with E-state index in [2.05, 4.69) is 37.2 Å². The predicted molar refractivity (Wildman–Crippen MR) is 325 cm³/mol. The standard InChI is InChI=1S/C60H89N11O20/c72-48(21-9-1-2-10-22-49(73)62-26-14-12-20-44(58(87)88)66-60(91)67-45(59(89)90)23-24-51(75)76)61-25-13-11-19-43(57(85)86)64-56(84)47(36-42-17-7-4-8-18-42)65-55(83)46(35-41-15-5-3-6-16-41)63-50(74)37-68-27-29-69(38-52(77)78)31-33-71(40-54(81)82)34-32-70(30-28-68)39-53(79)80/h3-8,15-18,43-47H,1-2,9-14,19-40H2,(H,61,72)(H,62,73)(H,63,74)(H,64,84)(H,65,83)(H,75,76)(H,77,78)(H,79,80)(H,81,82)(H,85,86)(H,87,88)(H,89,90)(H2,66,67,91). The zero-order chi connectivity index (χ0) is 67.1. The number of carboxylic acid groups (broad SMARTS) is 7. The first-order valence-corrected chi connectivity index (χ1v) is 30.4. The van der Waals surface area contributed by atoms with E-state index < -0.39 is 109 Å². The van der Waals surface area contributed by atoms with Crippen molar-refractivity contribution >= 4 is 77.4 Å². The maximum absolute atomic E-state index is 14.4. The number of nitrogens with zero attached hydrogens (tertiary/aromatic N) is 4. The lowest BCUT2D eigenvalue weighted by atomic mass is 10.0. The summed E-state index contributed by atoms with van der Waals surface area (Å²) in [5, 5.41) is 84.4. The Morgan fingerprint density at radius 3 is 1.04 bits per heavy atom. The van der Waals surface area contributed by atoms with Gasteiger partial charge in [-0.15, -0.1) is 0 Å². The molecule has 0 spiro atoms. The normalized spacial score (nSPS) is 15.3. The summed E-state index contributed by atoms with van der Waals surface area (Å²) in [6, 6.07) is 9.48. The number of hydrogen-bond donors (Lipinski definition) is 14. The Morgan fingerprint density at radius 2 is 0.681 bits per heavy atom. The molecular weight excluding hydrogens is 1190 g/mol. The van der Waals surface area contributed by atoms with Gasteiger partial charge < -0.3 is 73.0 Å². The Kier molecular flexibility index (Phi) is 36.1. The van der Waals surface area contributed by atoms with Crippen LogP contribution in [0.15, 0.2) is 60.7 Å². The Bertz CT molecular complexity index is 2660. The summed E-state index contributed by atoms with van der Waals surface area (Å²) in [7, 11) is 0. The van der Waals surface area contributed by atoms with Gasteiger partial charge in [0, 0.05) is 97.6 Å². The summed E-state index contributed by atoms with van der Waals surface area (Å²) in [5.74, 6) is -11.4. The molecule has 504 valence electrons. The third-order valence-corrected chi connectivity index (χ3v) is 14.7. The number of aliphatic carboxylic acids is 7. The van der Waals surface area contributed by atoms with Crippen LogP contribution in [-0.2, 0) is 70.4 Å². The first-order valence-electron chi connectivity index (χ1n) is 30.4. The van der Waals surface area contributed by atoms with Gasteiger partial charge in [-0.25, -0.2) is 19.2 Å². The number of carbonyl (C=O) groups is 13. The average Bonchev–Trinajstić information content (AvgIpc) is 2.78. The molecule has 5 atom stereocenters. The highest BCUT2D eigenvalue weighted by Crippen LogP contribution is 2.12. The molecule has 31 heteroatoms. The molecular formula is C60H89N11O20. The third-order valence-electron chi connectivity index (χ3n) is 14.7. The van der Waals surface area contributed by atoms with Crippen molar-refractivity contribution in [2.24, 2.45) is 0 Å². The number of unbranched alkanes of at least 4 members (excludes halogenated alkanes) is 5. The van der Waals surface area contributed by atoms with Gasteiger partial charge >= 0.3 is 47.8 Å². The Morgan fingerprint density at radius 1 is 0.341 bits per heavy atom. The summed E-state index contributed by atoms with van der Waals surface area (Å²) in [6.07, 6.45) is 3.13. The van der Waals surface area contributed by atoms with E-state index in [0.717, 1.165) is 0 Å². The van der Waals surface area contributed by atoms with Gasteiger partial charge in [0.2, 0.25) is 29.5 Å². The van der Waals surface area contributed by atoms with Crippen molar-refractivity contribution in [1.82, 2.24) is 56.8 Å². The maximum Gasteiger partial charge on any atom is 0.326 e. The van der Waals surface area contributed by atoms with Gasteiger partial charge in [-0.1, -0.05) is 73.5 Å². The minimum absolute atomic E-state index is 0.0204. The van der Waals surface area contributed by atoms with Crippen LogP contribution in [0.25, 0.3) is 0 Å². The smallest absolute Gasteiger partial charge is 0.326 e. The molecule has 7 amide bonds. The molecule has 91 heavy (non-hydrogen) atoms. The second-order valence-corrected chi connectivity index (χ2v) is 22.2. The van der Waals surface area contributed by atoms with Gasteiger partial charge in [0.05, 0.1) is 26.2 Å². The van der Waals surface area contributed by atoms with E-state index in [1.165, 1.54) is 0 Å². The van der Waals surface area contributed by atoms with E-state index in [9.17, 15) is 93.0 Å². The molecule has 1 aliphatic heterocycles. The van der Waals surface area contributed by atoms with E-state index in [4.69, 9.17) is 5.11 Å². The van der Waals surface area contributed by atoms with E-state index in [-0.39, 0.29) is 148 Å². The van der Waals surface area contributed by atoms with Crippen LogP contribution >= 0.6 is 0 Å². The molecule has 0 saturated carbocycles. The molecule has 31 nitrogen and oxygen atoms in total. The van der Waals surface area contributed by atoms with E-state index >= 15 is 0 Å². The monoisotopic (exact) mass is 1280 g/mol. The van der Waals surface area contributed by atoms with Gasteiger partial charge in [0.25, 0.3) is 0 Å². The fraction of sp³-hybridized carbons (Fsp3) is 0.583. The lowest BCUT2D eigenvalue weighted by Gasteiger charge is -2.33. The van der Waals surface area contributed by atoms with Crippen LogP contribution in [-0.4, -0.2) is 255 Å². The Hall–Kier alpha value is -8.81. The quantitative estimate of drug-likeness (QED) is 0.0372. The molecule has 1 fully saturated rings. The summed E-state index contributed by atoms with van der Waals surface area (Å²) < 4.78 is 0. The SMILES string of the molecule is O=C(O)CCC(NC(=O)NC(CCCCNC(=O)CCCCCCC(=O)NCCCCC(NC(=O)C(Cc1ccccc1)NC(=O)C(Cc1ccccc1)NC(=O)CN1CCN(CC(=O)O)CCN(CC(=O)O)CCN(CC(=O)O)CC1)C(=O)O)C(=O)O)C(=O)O. The molecule has 2 aromatic carbocycles. The molecule has 1 aliphatic rings. The first-order chi connectivity index (χ1) is 43.4. The van der Waals surface area contributed by atoms with Gasteiger partial charge in [-0.05, 0) is 68.9 Å². The number of nitrogens with one attached hydrogen (secondary N) is 7. The van der Waals surface area contributed by atoms with Crippen LogP contribution in [0.4, 0.5) is 4.79 Å². The van der Waals surface area contributed by atoms with Crippen molar-refractivity contribution in [3.63, 3.8) is 0 Å². The van der Waals surface area contributed by atoms with Crippen molar-refractivity contribution in [3.8, 4) is 0 Å². The second-order valence-electron chi connectivity index (χ2n) is 22.2. The van der Waals surface area contributed by atoms with Gasteiger partial charge in [-0.3, -0.25) is 62.8 Å². The highest BCUT2D eigenvalue weighted by molar-refractivity contribution is 5.94. The first kappa shape index (κ1) is 76.4. The van der Waals surface area contributed by atoms with Crippen LogP contribution in [0.2, 0.25) is 0 Å². The van der Waals surface area contributed by atoms with Crippen molar-refractivity contribution in [3.05, 3.63) is 71.8 Å². The molecule has 2 aromatic rings. The Balaban J connectivity index is 1.51. The minimum atomic E-state index is -1.53. The highest BCUT2D eigenvalue weighted by atomic mass is 16.4. The van der Waals surface area contributed by atoms with Crippen molar-refractivity contribution in [2.45, 2.75) is 133 Å². The molecule has 1 saturated heterocycles. The summed E-state index contributed by atoms with van der Waals surface area (Å²) >= 11 is 0. The third kappa shape index (κ3) is 34.7. The summed E-state index contributed by atoms with van der Waals surface area (Å²) in [6.45, 7) is 0.313. The molecule has 0 radical (unpaired) electrons. The van der Waals surface area contributed by atoms with Crippen molar-refractivity contribution in [1.29, 1.82) is 0 Å². The largest absolute Gasteiger partial charge is 0.481 e. The van der Waals surface area contributed by atoms with Crippen LogP contribution in [0.1, 0.15) is 101 Å². The maximum atomic E-state index is 14.4. The van der Waals surface area contributed by atoms with Crippen molar-refractivity contribution < 1.29 is 98.1 Å². The zero-order valence-electron chi connectivity index (χ0n) is 51.1. The van der Waals surface area contributed by atoms with E-state index in [1.54, 1.807) is 80.3 Å². The predicted octanol–water partition coefficient (Wildman–Crippen LogP) is -0.530. The molecule has 0 aliphatic carbocycles. The number of hydrogen-bond acceptors (Lipinski definition) is 17. The number of amides is 7. The average molecular weight is 1280 g/mol. The van der Waals surface area contributed by atoms with Gasteiger partial charge in [-0.2, -0.15) is 0 Å². The number of urea groups is 1. The molecule has 0 bridgehead atoms. The molecule has 0 aromatic heterocycles. The molecule has 1 heterocycles. The molecule has 5 unspecified atom stereocenters. The van der Waals surface area contributed by atoms with E-state index in [1.807, 2.05) is 0 Å². The van der Waals surface area contributed by atoms with Gasteiger partial charge in [0.15, 0.2) is 0 Å². The van der Waals surface area contributed by atoms with Gasteiger partial charge in [0.1, 0.15) is 30.2 Å². The lowest BCUT2D eigenvalue weighted by Crippen LogP contribution is -2.57. The van der Waals surface area contributed by atoms with Crippen molar-refractivity contribution in [2.75, 3.05) is 91.6 Å². The number of carbonyl (C=O) groups excluding carboxylic acids is 6. The van der Waals surface area contributed by atoms with E-state index in [0.29, 0.717) is 56.1 Å². The van der Waals surface area contributed by atoms with Crippen LogP contribution in [0, 0.1) is 0 Å².